The van der Waals surface area contributed by atoms with Gasteiger partial charge in [-0.15, -0.1) is 0 Å². The molecule has 0 spiro atoms. The average Bonchev–Trinajstić information content (AvgIpc) is 2.51. The van der Waals surface area contributed by atoms with Gasteiger partial charge in [-0.05, 0) is 30.9 Å². The van der Waals surface area contributed by atoms with Gasteiger partial charge in [-0.25, -0.2) is 27.5 Å². The predicted octanol–water partition coefficient (Wildman–Crippen LogP) is 10.8. The summed E-state index contributed by atoms with van der Waals surface area (Å²) in [7, 11) is -4.04. The Bertz CT molecular complexity index is 513. The molecule has 0 atom stereocenters. The third-order valence-corrected chi connectivity index (χ3v) is 17.5. The summed E-state index contributed by atoms with van der Waals surface area (Å²) < 4.78 is 0. The summed E-state index contributed by atoms with van der Waals surface area (Å²) in [4.78, 5) is 0. The minimum absolute atomic E-state index is 0. The van der Waals surface area contributed by atoms with Crippen LogP contribution in [-0.2, 0) is 66.0 Å². The van der Waals surface area contributed by atoms with Crippen molar-refractivity contribution in [2.45, 2.75) is 156 Å². The van der Waals surface area contributed by atoms with Crippen LogP contribution in [0.1, 0.15) is 125 Å². The van der Waals surface area contributed by atoms with Crippen molar-refractivity contribution in [1.82, 2.24) is 0 Å². The first-order valence-electron chi connectivity index (χ1n) is 11.4. The van der Waals surface area contributed by atoms with Gasteiger partial charge in [-0.2, -0.15) is 0 Å². The standard InChI is InChI=1S/2C12H27NP.2CH2N.4Ni/c2*1-10(2,3)14(13,11(4,5)6)12(7,8)9;2*1-2;;;;/h2*1-9H3;2*1H2;;;;/q4*-1;;;;+2. The third kappa shape index (κ3) is 13.9. The van der Waals surface area contributed by atoms with Crippen LogP contribution in [0.5, 0.6) is 0 Å². The summed E-state index contributed by atoms with van der Waals surface area (Å²) in [5.74, 6) is 0. The van der Waals surface area contributed by atoms with E-state index in [1.165, 1.54) is 0 Å². The van der Waals surface area contributed by atoms with E-state index in [9.17, 15) is 10.3 Å². The quantitative estimate of drug-likeness (QED) is 0.135. The van der Waals surface area contributed by atoms with Crippen molar-refractivity contribution in [2.24, 2.45) is 0 Å². The van der Waals surface area contributed by atoms with Crippen molar-refractivity contribution in [3.05, 3.63) is 21.1 Å². The van der Waals surface area contributed by atoms with E-state index in [2.05, 4.69) is 138 Å². The van der Waals surface area contributed by atoms with E-state index < -0.39 is 14.1 Å². The van der Waals surface area contributed by atoms with E-state index in [4.69, 9.17) is 10.8 Å². The molecule has 0 aromatic carbocycles. The maximum absolute atomic E-state index is 11.1. The van der Waals surface area contributed by atoms with Crippen LogP contribution in [0.2, 0.25) is 0 Å². The zero-order valence-electron chi connectivity index (χ0n) is 26.4. The molecule has 0 unspecified atom stereocenters. The van der Waals surface area contributed by atoms with Crippen molar-refractivity contribution >= 4 is 27.5 Å². The van der Waals surface area contributed by atoms with Crippen LogP contribution in [0.3, 0.4) is 0 Å². The number of hydrogen-bond donors (Lipinski definition) is 0. The molecule has 0 aliphatic rings. The van der Waals surface area contributed by atoms with E-state index in [1.54, 1.807) is 0 Å². The van der Waals surface area contributed by atoms with E-state index in [-0.39, 0.29) is 96.9 Å². The predicted molar refractivity (Wildman–Crippen MR) is 160 cm³/mol. The third-order valence-electron chi connectivity index (χ3n) is 5.82. The molecule has 0 aromatic heterocycles. The molecule has 0 N–H and O–H groups in total. The van der Waals surface area contributed by atoms with Gasteiger partial charge < -0.3 is 21.1 Å². The van der Waals surface area contributed by atoms with Crippen LogP contribution >= 0.6 is 14.1 Å². The van der Waals surface area contributed by atoms with Crippen molar-refractivity contribution in [2.75, 3.05) is 0 Å². The molecular formula is C26H58N4Ni4P2-2. The van der Waals surface area contributed by atoms with Crippen LogP contribution < -0.4 is 0 Å². The van der Waals surface area contributed by atoms with Gasteiger partial charge in [-0.3, -0.25) is 0 Å². The van der Waals surface area contributed by atoms with Crippen molar-refractivity contribution in [3.8, 4) is 0 Å². The molecule has 234 valence electrons. The molecule has 0 saturated carbocycles. The Labute approximate surface area is 268 Å². The number of hydrogen-bond acceptors (Lipinski definition) is 0. The molecular weight excluding hydrogens is 665 g/mol. The Balaban J connectivity index is -0.0000000579. The Morgan fingerprint density at radius 1 is 0.333 bits per heavy atom. The maximum Gasteiger partial charge on any atom is 2.00 e. The Morgan fingerprint density at radius 2 is 0.389 bits per heavy atom. The van der Waals surface area contributed by atoms with Crippen LogP contribution in [-0.4, -0.2) is 44.4 Å². The summed E-state index contributed by atoms with van der Waals surface area (Å²) in [5.41, 5.74) is 0. The van der Waals surface area contributed by atoms with Gasteiger partial charge in [0.15, 0.2) is 0 Å². The zero-order valence-corrected chi connectivity index (χ0v) is 32.1. The molecule has 0 aliphatic carbocycles. The van der Waals surface area contributed by atoms with E-state index in [1.807, 2.05) is 0 Å². The molecule has 0 aromatic rings. The van der Waals surface area contributed by atoms with E-state index >= 15 is 0 Å². The average molecular weight is 723 g/mol. The molecule has 10 heteroatoms. The van der Waals surface area contributed by atoms with Gasteiger partial charge in [0, 0.05) is 49.5 Å². The summed E-state index contributed by atoms with van der Waals surface area (Å²) in [6.45, 7) is 43.5. The molecule has 0 radical (unpaired) electrons. The van der Waals surface area contributed by atoms with Crippen LogP contribution in [0, 0.1) is 0 Å². The van der Waals surface area contributed by atoms with Gasteiger partial charge in [0.05, 0.1) is 0 Å². The smallest absolute Gasteiger partial charge is 0.817 e. The fourth-order valence-electron chi connectivity index (χ4n) is 6.04. The first-order valence-corrected chi connectivity index (χ1v) is 14.9. The SMILES string of the molecule is C=[N-].C=[N-].CC(C)(C)P(=[N-])(C(C)(C)C)C(C)(C)C.CC(C)(C)P(=[N-])(C(C)(C)C)C(C)(C)C.[Ni+2].[Ni].[Ni].[Ni]. The Kier molecular flexibility index (Phi) is 30.4. The topological polar surface area (TPSA) is 89.2 Å². The van der Waals surface area contributed by atoms with Gasteiger partial charge in [0.1, 0.15) is 0 Å². The van der Waals surface area contributed by atoms with Crippen molar-refractivity contribution in [3.63, 3.8) is 0 Å². The van der Waals surface area contributed by atoms with Crippen molar-refractivity contribution in [1.29, 1.82) is 0 Å². The molecule has 0 fully saturated rings. The second-order valence-electron chi connectivity index (χ2n) is 14.3. The van der Waals surface area contributed by atoms with Gasteiger partial charge in [0.2, 0.25) is 0 Å². The Morgan fingerprint density at radius 3 is 0.389 bits per heavy atom. The van der Waals surface area contributed by atoms with Gasteiger partial charge in [-0.1, -0.05) is 125 Å². The zero-order chi connectivity index (χ0) is 28.0. The second-order valence-corrected chi connectivity index (χ2v) is 24.9. The minimum Gasteiger partial charge on any atom is -0.817 e. The minimum atomic E-state index is -2.02. The first kappa shape index (κ1) is 57.6. The fourth-order valence-corrected chi connectivity index (χ4v) is 18.1. The van der Waals surface area contributed by atoms with E-state index in [0.717, 1.165) is 0 Å². The summed E-state index contributed by atoms with van der Waals surface area (Å²) >= 11 is 0. The van der Waals surface area contributed by atoms with E-state index in [0.29, 0.717) is 0 Å². The van der Waals surface area contributed by atoms with Gasteiger partial charge in [0.25, 0.3) is 0 Å². The molecule has 0 bridgehead atoms. The monoisotopic (exact) mass is 720 g/mol. The summed E-state index contributed by atoms with van der Waals surface area (Å²) in [5, 5.41) is 35.7. The summed E-state index contributed by atoms with van der Waals surface area (Å²) in [6, 6.07) is 0. The number of nitrogens with zero attached hydrogens (tertiary/aromatic N) is 4. The molecule has 0 aliphatic heterocycles. The molecule has 0 amide bonds. The first-order chi connectivity index (χ1) is 13.5. The maximum atomic E-state index is 11.1. The normalized spacial score (nSPS) is 12.5. The molecule has 36 heavy (non-hydrogen) atoms. The molecule has 0 rings (SSSR count). The molecule has 4 nitrogen and oxygen atoms in total. The van der Waals surface area contributed by atoms with Crippen molar-refractivity contribution < 1.29 is 66.0 Å². The van der Waals surface area contributed by atoms with Crippen LogP contribution in [0.25, 0.3) is 21.1 Å². The molecule has 0 heterocycles. The number of rotatable bonds is 0. The second kappa shape index (κ2) is 19.0. The Hall–Kier alpha value is 1.77. The largest absolute Gasteiger partial charge is 2.00 e. The summed E-state index contributed by atoms with van der Waals surface area (Å²) in [6.07, 6.45) is 0. The van der Waals surface area contributed by atoms with Gasteiger partial charge >= 0.3 is 16.5 Å². The van der Waals surface area contributed by atoms with Crippen LogP contribution in [0.15, 0.2) is 0 Å². The fraction of sp³-hybridized carbons (Fsp3) is 0.923. The molecule has 0 saturated heterocycles. The van der Waals surface area contributed by atoms with Crippen LogP contribution in [0.4, 0.5) is 0 Å².